The van der Waals surface area contributed by atoms with Gasteiger partial charge in [0.1, 0.15) is 11.4 Å². The molecule has 0 saturated carbocycles. The van der Waals surface area contributed by atoms with Crippen LogP contribution in [-0.2, 0) is 17.3 Å². The van der Waals surface area contributed by atoms with Crippen LogP contribution in [0.4, 0.5) is 18.0 Å². The highest BCUT2D eigenvalue weighted by atomic mass is 35.5. The minimum Gasteiger partial charge on any atom is -0.496 e. The molecule has 5 nitrogen and oxygen atoms in total. The van der Waals surface area contributed by atoms with Crippen LogP contribution in [0, 0.1) is 5.92 Å². The first-order valence-electron chi connectivity index (χ1n) is 11.9. The van der Waals surface area contributed by atoms with E-state index >= 15 is 0 Å². The minimum absolute atomic E-state index is 0.145. The number of ether oxygens (including phenoxy) is 2. The van der Waals surface area contributed by atoms with Gasteiger partial charge in [-0.25, -0.2) is 4.79 Å². The number of amides is 1. The van der Waals surface area contributed by atoms with Gasteiger partial charge in [0, 0.05) is 36.4 Å². The first-order chi connectivity index (χ1) is 17.3. The number of benzene rings is 3. The number of alkyl halides is 3. The summed E-state index contributed by atoms with van der Waals surface area (Å²) in [6.07, 6.45) is -5.34. The number of carbonyl (C=O) groups excluding carboxylic acids is 1. The highest BCUT2D eigenvalue weighted by Gasteiger charge is 2.38. The summed E-state index contributed by atoms with van der Waals surface area (Å²) >= 11 is 6.80. The average molecular weight is 536 g/mol. The molecule has 0 aliphatic carbocycles. The molecule has 37 heavy (non-hydrogen) atoms. The summed E-state index contributed by atoms with van der Waals surface area (Å²) in [4.78, 5) is 13.8. The van der Waals surface area contributed by atoms with E-state index in [4.69, 9.17) is 21.1 Å². The van der Waals surface area contributed by atoms with Gasteiger partial charge in [-0.1, -0.05) is 35.9 Å². The van der Waals surface area contributed by atoms with Gasteiger partial charge in [0.2, 0.25) is 0 Å². The van der Waals surface area contributed by atoms with E-state index in [9.17, 15) is 23.1 Å². The summed E-state index contributed by atoms with van der Waals surface area (Å²) < 4.78 is 49.7. The van der Waals surface area contributed by atoms with Crippen molar-refractivity contribution in [1.82, 2.24) is 4.90 Å². The number of methoxy groups -OCH3 is 1. The predicted octanol–water partition coefficient (Wildman–Crippen LogP) is 7.01. The van der Waals surface area contributed by atoms with Crippen molar-refractivity contribution in [2.24, 2.45) is 5.92 Å². The number of likely N-dealkylation sites (tertiary alicyclic amines) is 1. The molecule has 1 saturated heterocycles. The molecule has 9 heteroatoms. The van der Waals surface area contributed by atoms with Gasteiger partial charge in [-0.2, -0.15) is 13.2 Å². The minimum atomic E-state index is -4.40. The number of fused-ring (bicyclic) bond motifs is 1. The molecule has 1 atom stereocenters. The van der Waals surface area contributed by atoms with Gasteiger partial charge in [0.05, 0.1) is 23.8 Å². The quantitative estimate of drug-likeness (QED) is 0.382. The van der Waals surface area contributed by atoms with E-state index in [2.05, 4.69) is 0 Å². The first-order valence-corrected chi connectivity index (χ1v) is 12.3. The van der Waals surface area contributed by atoms with E-state index in [1.165, 1.54) is 19.2 Å². The standard InChI is InChI=1S/C28H29ClF3NO4/c1-27(2,3)37-26(35)33-14-19(15-33)25(34)18-8-7-17-13-23(36-4)22(24(29)21(17)12-18)11-16-5-9-20(10-6-16)28(30,31)32/h5-10,12-13,19,25,34H,11,14-15H2,1-4H3. The van der Waals surface area contributed by atoms with E-state index < -0.39 is 29.5 Å². The molecular formula is C28H29ClF3NO4. The molecule has 4 rings (SSSR count). The first kappa shape index (κ1) is 27.1. The smallest absolute Gasteiger partial charge is 0.416 e. The number of hydrogen-bond acceptors (Lipinski definition) is 4. The van der Waals surface area contributed by atoms with Crippen molar-refractivity contribution in [3.8, 4) is 5.75 Å². The zero-order valence-electron chi connectivity index (χ0n) is 21.0. The maximum absolute atomic E-state index is 12.9. The Kier molecular flexibility index (Phi) is 7.36. The second-order valence-electron chi connectivity index (χ2n) is 10.3. The lowest BCUT2D eigenvalue weighted by Crippen LogP contribution is -2.53. The molecule has 0 aromatic heterocycles. The van der Waals surface area contributed by atoms with Gasteiger partial charge in [0.25, 0.3) is 0 Å². The highest BCUT2D eigenvalue weighted by molar-refractivity contribution is 6.36. The van der Waals surface area contributed by atoms with E-state index in [1.54, 1.807) is 25.7 Å². The molecular weight excluding hydrogens is 507 g/mol. The second-order valence-corrected chi connectivity index (χ2v) is 10.7. The Balaban J connectivity index is 1.56. The summed E-state index contributed by atoms with van der Waals surface area (Å²) in [5.74, 6) is 0.381. The van der Waals surface area contributed by atoms with E-state index in [-0.39, 0.29) is 12.3 Å². The van der Waals surface area contributed by atoms with Gasteiger partial charge in [-0.15, -0.1) is 0 Å². The number of halogens is 4. The molecule has 1 fully saturated rings. The summed E-state index contributed by atoms with van der Waals surface area (Å²) in [7, 11) is 1.51. The topological polar surface area (TPSA) is 59.0 Å². The number of hydrogen-bond donors (Lipinski definition) is 1. The fourth-order valence-corrected chi connectivity index (χ4v) is 4.72. The van der Waals surface area contributed by atoms with Crippen molar-refractivity contribution < 1.29 is 32.5 Å². The molecule has 0 spiro atoms. The van der Waals surface area contributed by atoms with Gasteiger partial charge in [0.15, 0.2) is 0 Å². The normalized spacial score (nSPS) is 15.4. The Hall–Kier alpha value is -2.97. The van der Waals surface area contributed by atoms with Crippen molar-refractivity contribution in [2.75, 3.05) is 20.2 Å². The van der Waals surface area contributed by atoms with Gasteiger partial charge < -0.3 is 19.5 Å². The zero-order valence-corrected chi connectivity index (χ0v) is 21.8. The fourth-order valence-electron chi connectivity index (χ4n) is 4.40. The molecule has 0 radical (unpaired) electrons. The van der Waals surface area contributed by atoms with Gasteiger partial charge >= 0.3 is 12.3 Å². The Morgan fingerprint density at radius 2 is 1.76 bits per heavy atom. The summed E-state index contributed by atoms with van der Waals surface area (Å²) in [5, 5.41) is 12.9. The van der Waals surface area contributed by atoms with Crippen LogP contribution >= 0.6 is 11.6 Å². The Bertz CT molecular complexity index is 1300. The van der Waals surface area contributed by atoms with Crippen LogP contribution in [0.5, 0.6) is 5.75 Å². The molecule has 1 aliphatic rings. The lowest BCUT2D eigenvalue weighted by Gasteiger charge is -2.42. The molecule has 1 aliphatic heterocycles. The monoisotopic (exact) mass is 535 g/mol. The average Bonchev–Trinajstić information content (AvgIpc) is 2.78. The second kappa shape index (κ2) is 10.1. The number of nitrogens with zero attached hydrogens (tertiary/aromatic N) is 1. The summed E-state index contributed by atoms with van der Waals surface area (Å²) in [5.41, 5.74) is 0.652. The number of carbonyl (C=O) groups is 1. The van der Waals surface area contributed by atoms with Crippen molar-refractivity contribution in [3.63, 3.8) is 0 Å². The van der Waals surface area contributed by atoms with Crippen molar-refractivity contribution in [1.29, 1.82) is 0 Å². The fraction of sp³-hybridized carbons (Fsp3) is 0.393. The molecule has 1 N–H and O–H groups in total. The van der Waals surface area contributed by atoms with Gasteiger partial charge in [-0.05, 0) is 61.5 Å². The maximum atomic E-state index is 12.9. The Morgan fingerprint density at radius 3 is 2.32 bits per heavy atom. The third-order valence-electron chi connectivity index (χ3n) is 6.39. The van der Waals surface area contributed by atoms with Crippen LogP contribution in [0.25, 0.3) is 10.8 Å². The Morgan fingerprint density at radius 1 is 1.11 bits per heavy atom. The lowest BCUT2D eigenvalue weighted by molar-refractivity contribution is -0.137. The maximum Gasteiger partial charge on any atom is 0.416 e. The van der Waals surface area contributed by atoms with E-state index in [0.29, 0.717) is 45.9 Å². The van der Waals surface area contributed by atoms with Crippen LogP contribution in [0.3, 0.4) is 0 Å². The molecule has 3 aromatic rings. The number of rotatable bonds is 5. The summed E-state index contributed by atoms with van der Waals surface area (Å²) in [6, 6.07) is 12.2. The molecule has 3 aromatic carbocycles. The van der Waals surface area contributed by atoms with Crippen LogP contribution in [0.1, 0.15) is 49.1 Å². The van der Waals surface area contributed by atoms with Gasteiger partial charge in [-0.3, -0.25) is 0 Å². The lowest BCUT2D eigenvalue weighted by atomic mass is 9.88. The SMILES string of the molecule is COc1cc2ccc(C(O)C3CN(C(=O)OC(C)(C)C)C3)cc2c(Cl)c1Cc1ccc(C(F)(F)F)cc1. The van der Waals surface area contributed by atoms with Crippen molar-refractivity contribution in [3.05, 3.63) is 75.8 Å². The van der Waals surface area contributed by atoms with E-state index in [0.717, 1.165) is 17.5 Å². The molecule has 0 bridgehead atoms. The zero-order chi connectivity index (χ0) is 27.1. The summed E-state index contributed by atoms with van der Waals surface area (Å²) in [6.45, 7) is 6.16. The molecule has 198 valence electrons. The number of aliphatic hydroxyl groups is 1. The van der Waals surface area contributed by atoms with E-state index in [1.807, 2.05) is 24.3 Å². The highest BCUT2D eigenvalue weighted by Crippen LogP contribution is 2.39. The van der Waals surface area contributed by atoms with Crippen LogP contribution in [0.15, 0.2) is 48.5 Å². The number of aliphatic hydroxyl groups excluding tert-OH is 1. The largest absolute Gasteiger partial charge is 0.496 e. The molecule has 1 unspecified atom stereocenters. The third-order valence-corrected chi connectivity index (χ3v) is 6.83. The predicted molar refractivity (Wildman–Crippen MR) is 136 cm³/mol. The molecule has 1 heterocycles. The Labute approximate surface area is 218 Å². The van der Waals surface area contributed by atoms with Crippen molar-refractivity contribution >= 4 is 28.5 Å². The third kappa shape index (κ3) is 5.96. The molecule has 1 amide bonds. The van der Waals surface area contributed by atoms with Crippen LogP contribution in [-0.4, -0.2) is 41.9 Å². The van der Waals surface area contributed by atoms with Crippen LogP contribution < -0.4 is 4.74 Å². The van der Waals surface area contributed by atoms with Crippen LogP contribution in [0.2, 0.25) is 5.02 Å². The van der Waals surface area contributed by atoms with Crippen molar-refractivity contribution in [2.45, 2.75) is 45.1 Å².